The third-order valence-corrected chi connectivity index (χ3v) is 3.00. The van der Waals surface area contributed by atoms with Gasteiger partial charge in [-0.3, -0.25) is 14.9 Å². The number of amides is 1. The van der Waals surface area contributed by atoms with Gasteiger partial charge in [-0.25, -0.2) is 4.39 Å². The minimum atomic E-state index is -0.644. The lowest BCUT2D eigenvalue weighted by molar-refractivity contribution is -0.384. The maximum Gasteiger partial charge on any atom is 0.271 e. The molecule has 0 saturated carbocycles. The molecule has 0 aliphatic heterocycles. The third-order valence-electron chi connectivity index (χ3n) is 2.67. The number of nitrogens with two attached hydrogens (primary N) is 1. The number of benzene rings is 2. The number of rotatable bonds is 3. The molecule has 0 unspecified atom stereocenters. The van der Waals surface area contributed by atoms with Crippen LogP contribution in [0.4, 0.5) is 21.5 Å². The fourth-order valence-corrected chi connectivity index (χ4v) is 1.82. The van der Waals surface area contributed by atoms with Gasteiger partial charge in [-0.05, 0) is 24.3 Å². The topological polar surface area (TPSA) is 98.3 Å². The molecule has 8 heteroatoms. The van der Waals surface area contributed by atoms with Crippen LogP contribution in [0.15, 0.2) is 36.4 Å². The summed E-state index contributed by atoms with van der Waals surface area (Å²) in [6.07, 6.45) is 0. The molecular weight excluding hydrogens is 301 g/mol. The van der Waals surface area contributed by atoms with E-state index in [-0.39, 0.29) is 27.6 Å². The van der Waals surface area contributed by atoms with E-state index >= 15 is 0 Å². The number of nitrogen functional groups attached to an aromatic ring is 1. The summed E-state index contributed by atoms with van der Waals surface area (Å²) < 4.78 is 12.9. The van der Waals surface area contributed by atoms with Crippen LogP contribution in [-0.4, -0.2) is 10.8 Å². The number of halogens is 2. The maximum absolute atomic E-state index is 12.9. The number of anilines is 2. The van der Waals surface area contributed by atoms with Crippen LogP contribution in [0.1, 0.15) is 10.4 Å². The van der Waals surface area contributed by atoms with Gasteiger partial charge in [-0.2, -0.15) is 0 Å². The average molecular weight is 310 g/mol. The lowest BCUT2D eigenvalue weighted by Gasteiger charge is -2.09. The lowest BCUT2D eigenvalue weighted by Crippen LogP contribution is -2.14. The summed E-state index contributed by atoms with van der Waals surface area (Å²) in [5, 5.41) is 13.2. The van der Waals surface area contributed by atoms with Crippen molar-refractivity contribution >= 4 is 34.6 Å². The Morgan fingerprint density at radius 2 is 2.00 bits per heavy atom. The van der Waals surface area contributed by atoms with Crippen LogP contribution in [0, 0.1) is 15.9 Å². The second-order valence-electron chi connectivity index (χ2n) is 4.11. The van der Waals surface area contributed by atoms with Crippen LogP contribution in [0.5, 0.6) is 0 Å². The molecule has 0 fully saturated rings. The van der Waals surface area contributed by atoms with Crippen molar-refractivity contribution in [1.82, 2.24) is 0 Å². The third kappa shape index (κ3) is 3.26. The zero-order chi connectivity index (χ0) is 15.6. The van der Waals surface area contributed by atoms with Gasteiger partial charge in [0.05, 0.1) is 21.2 Å². The summed E-state index contributed by atoms with van der Waals surface area (Å²) in [4.78, 5) is 22.1. The fourth-order valence-electron chi connectivity index (χ4n) is 1.65. The van der Waals surface area contributed by atoms with Gasteiger partial charge in [0, 0.05) is 17.8 Å². The summed E-state index contributed by atoms with van der Waals surface area (Å²) in [5.41, 5.74) is 5.39. The van der Waals surface area contributed by atoms with E-state index < -0.39 is 16.6 Å². The van der Waals surface area contributed by atoms with E-state index in [0.29, 0.717) is 0 Å². The first kappa shape index (κ1) is 14.7. The number of non-ortho nitro benzene ring substituents is 1. The number of hydrogen-bond donors (Lipinski definition) is 2. The molecule has 0 radical (unpaired) electrons. The fraction of sp³-hybridized carbons (Fsp3) is 0. The minimum absolute atomic E-state index is 0.0407. The van der Waals surface area contributed by atoms with Crippen LogP contribution in [0.2, 0.25) is 5.02 Å². The van der Waals surface area contributed by atoms with Gasteiger partial charge in [-0.15, -0.1) is 0 Å². The van der Waals surface area contributed by atoms with Crippen molar-refractivity contribution < 1.29 is 14.1 Å². The molecule has 0 aliphatic rings. The second-order valence-corrected chi connectivity index (χ2v) is 4.51. The number of nitro benzene ring substituents is 1. The SMILES string of the molecule is Nc1cc(F)ccc1C(=O)Nc1cc([N+](=O)[O-])ccc1Cl. The highest BCUT2D eigenvalue weighted by Crippen LogP contribution is 2.27. The van der Waals surface area contributed by atoms with E-state index in [1.807, 2.05) is 0 Å². The van der Waals surface area contributed by atoms with Gasteiger partial charge in [0.2, 0.25) is 0 Å². The van der Waals surface area contributed by atoms with Crippen molar-refractivity contribution in [2.75, 3.05) is 11.1 Å². The molecule has 0 bridgehead atoms. The van der Waals surface area contributed by atoms with Gasteiger partial charge >= 0.3 is 0 Å². The van der Waals surface area contributed by atoms with Crippen molar-refractivity contribution in [1.29, 1.82) is 0 Å². The number of carbonyl (C=O) groups is 1. The Bertz CT molecular complexity index is 737. The van der Waals surface area contributed by atoms with E-state index in [1.165, 1.54) is 18.2 Å². The molecule has 3 N–H and O–H groups in total. The lowest BCUT2D eigenvalue weighted by atomic mass is 10.1. The van der Waals surface area contributed by atoms with Gasteiger partial charge in [0.1, 0.15) is 5.82 Å². The van der Waals surface area contributed by atoms with Crippen LogP contribution in [0.3, 0.4) is 0 Å². The molecular formula is C13H9ClFN3O3. The number of nitrogens with zero attached hydrogens (tertiary/aromatic N) is 1. The second kappa shape index (κ2) is 5.76. The molecule has 0 atom stereocenters. The Balaban J connectivity index is 2.31. The predicted molar refractivity (Wildman–Crippen MR) is 76.9 cm³/mol. The number of carbonyl (C=O) groups excluding carboxylic acids is 1. The van der Waals surface area contributed by atoms with Crippen molar-refractivity contribution in [3.8, 4) is 0 Å². The molecule has 21 heavy (non-hydrogen) atoms. The number of hydrogen-bond acceptors (Lipinski definition) is 4. The highest BCUT2D eigenvalue weighted by molar-refractivity contribution is 6.34. The number of nitro groups is 1. The summed E-state index contributed by atoms with van der Waals surface area (Å²) in [7, 11) is 0. The first-order valence-electron chi connectivity index (χ1n) is 5.69. The maximum atomic E-state index is 12.9. The number of nitrogens with one attached hydrogen (secondary N) is 1. The molecule has 2 aromatic carbocycles. The van der Waals surface area contributed by atoms with Gasteiger partial charge < -0.3 is 11.1 Å². The summed E-state index contributed by atoms with van der Waals surface area (Å²) in [6.45, 7) is 0. The van der Waals surface area contributed by atoms with Gasteiger partial charge in [0.15, 0.2) is 0 Å². The summed E-state index contributed by atoms with van der Waals surface area (Å²) in [6, 6.07) is 6.93. The molecule has 0 heterocycles. The minimum Gasteiger partial charge on any atom is -0.398 e. The monoisotopic (exact) mass is 309 g/mol. The largest absolute Gasteiger partial charge is 0.398 e. The molecule has 1 amide bonds. The van der Waals surface area contributed by atoms with Crippen LogP contribution in [0.25, 0.3) is 0 Å². The molecule has 0 saturated heterocycles. The van der Waals surface area contributed by atoms with Gasteiger partial charge in [-0.1, -0.05) is 11.6 Å². The molecule has 0 aromatic heterocycles. The van der Waals surface area contributed by atoms with E-state index in [2.05, 4.69) is 5.32 Å². The first-order chi connectivity index (χ1) is 9.88. The highest BCUT2D eigenvalue weighted by Gasteiger charge is 2.15. The van der Waals surface area contributed by atoms with Crippen LogP contribution in [-0.2, 0) is 0 Å². The summed E-state index contributed by atoms with van der Waals surface area (Å²) >= 11 is 5.87. The quantitative estimate of drug-likeness (QED) is 0.516. The Hall–Kier alpha value is -2.67. The Morgan fingerprint density at radius 1 is 1.29 bits per heavy atom. The summed E-state index contributed by atoms with van der Waals surface area (Å²) in [5.74, 6) is -1.22. The van der Waals surface area contributed by atoms with Gasteiger partial charge in [0.25, 0.3) is 11.6 Å². The molecule has 2 rings (SSSR count). The van der Waals surface area contributed by atoms with Crippen molar-refractivity contribution in [3.05, 3.63) is 62.9 Å². The van der Waals surface area contributed by atoms with Crippen molar-refractivity contribution in [2.24, 2.45) is 0 Å². The van der Waals surface area contributed by atoms with Crippen LogP contribution >= 0.6 is 11.6 Å². The van der Waals surface area contributed by atoms with E-state index in [0.717, 1.165) is 18.2 Å². The van der Waals surface area contributed by atoms with Crippen molar-refractivity contribution in [2.45, 2.75) is 0 Å². The Kier molecular flexibility index (Phi) is 4.04. The smallest absolute Gasteiger partial charge is 0.271 e. The normalized spacial score (nSPS) is 10.2. The zero-order valence-electron chi connectivity index (χ0n) is 10.5. The molecule has 0 spiro atoms. The average Bonchev–Trinajstić information content (AvgIpc) is 2.40. The molecule has 0 aliphatic carbocycles. The van der Waals surface area contributed by atoms with E-state index in [1.54, 1.807) is 0 Å². The van der Waals surface area contributed by atoms with Crippen molar-refractivity contribution in [3.63, 3.8) is 0 Å². The Morgan fingerprint density at radius 3 is 2.62 bits per heavy atom. The molecule has 2 aromatic rings. The Labute approximate surface area is 123 Å². The highest BCUT2D eigenvalue weighted by atomic mass is 35.5. The predicted octanol–water partition coefficient (Wildman–Crippen LogP) is 3.22. The molecule has 6 nitrogen and oxygen atoms in total. The van der Waals surface area contributed by atoms with E-state index in [9.17, 15) is 19.3 Å². The molecule has 108 valence electrons. The first-order valence-corrected chi connectivity index (χ1v) is 6.06. The standard InChI is InChI=1S/C13H9ClFN3O3/c14-10-4-2-8(18(20)21)6-12(10)17-13(19)9-3-1-7(15)5-11(9)16/h1-6H,16H2,(H,17,19). The van der Waals surface area contributed by atoms with E-state index in [4.69, 9.17) is 17.3 Å². The zero-order valence-corrected chi connectivity index (χ0v) is 11.2. The van der Waals surface area contributed by atoms with Crippen LogP contribution < -0.4 is 11.1 Å².